The van der Waals surface area contributed by atoms with Gasteiger partial charge in [0.05, 0.1) is 17.8 Å². The lowest BCUT2D eigenvalue weighted by Crippen LogP contribution is -2.26. The van der Waals surface area contributed by atoms with Crippen molar-refractivity contribution in [3.63, 3.8) is 0 Å². The summed E-state index contributed by atoms with van der Waals surface area (Å²) in [5.74, 6) is 2.12. The molecule has 2 aliphatic heterocycles. The van der Waals surface area contributed by atoms with E-state index in [1.807, 2.05) is 24.3 Å². The van der Waals surface area contributed by atoms with Gasteiger partial charge in [-0.15, -0.1) is 0 Å². The number of carbonyl (C=O) groups excluding carboxylic acids is 1. The molecular formula is C28H31ClN6O2. The number of carbonyl (C=O) groups is 1. The van der Waals surface area contributed by atoms with Crippen LogP contribution in [0.25, 0.3) is 6.08 Å². The summed E-state index contributed by atoms with van der Waals surface area (Å²) in [6.45, 7) is 2.65. The van der Waals surface area contributed by atoms with Gasteiger partial charge in [0.25, 0.3) is 0 Å². The van der Waals surface area contributed by atoms with Crippen LogP contribution in [0.15, 0.2) is 48.9 Å². The van der Waals surface area contributed by atoms with Gasteiger partial charge in [0.1, 0.15) is 23.8 Å². The number of aromatic nitrogens is 4. The molecule has 1 amide bonds. The van der Waals surface area contributed by atoms with E-state index in [0.717, 1.165) is 42.8 Å². The fourth-order valence-electron chi connectivity index (χ4n) is 5.77. The molecular weight excluding hydrogens is 488 g/mol. The van der Waals surface area contributed by atoms with Crippen LogP contribution in [0.1, 0.15) is 74.1 Å². The molecule has 0 bridgehead atoms. The van der Waals surface area contributed by atoms with E-state index in [1.54, 1.807) is 6.07 Å². The van der Waals surface area contributed by atoms with Crippen LogP contribution in [0.5, 0.6) is 0 Å². The smallest absolute Gasteiger partial charge is 0.229 e. The Hall–Kier alpha value is -3.23. The first-order chi connectivity index (χ1) is 18.0. The average Bonchev–Trinajstić information content (AvgIpc) is 3.42. The fourth-order valence-corrected chi connectivity index (χ4v) is 5.97. The Bertz CT molecular complexity index is 1340. The lowest BCUT2D eigenvalue weighted by atomic mass is 10.1. The maximum Gasteiger partial charge on any atom is 0.229 e. The summed E-state index contributed by atoms with van der Waals surface area (Å²) in [5.41, 5.74) is 2.02. The molecule has 2 aromatic heterocycles. The molecule has 2 N–H and O–H groups in total. The fraction of sp³-hybridized carbons (Fsp3) is 0.429. The maximum atomic E-state index is 12.9. The summed E-state index contributed by atoms with van der Waals surface area (Å²) in [6, 6.07) is 9.80. The topological polar surface area (TPSA) is 96.2 Å². The van der Waals surface area contributed by atoms with Gasteiger partial charge in [-0.25, -0.2) is 15.0 Å². The van der Waals surface area contributed by atoms with Gasteiger partial charge < -0.3 is 19.9 Å². The lowest BCUT2D eigenvalue weighted by molar-refractivity contribution is -0.117. The minimum absolute atomic E-state index is 0.0526. The van der Waals surface area contributed by atoms with Crippen LogP contribution in [0.3, 0.4) is 0 Å². The van der Waals surface area contributed by atoms with Crippen molar-refractivity contribution in [3.05, 3.63) is 71.0 Å². The van der Waals surface area contributed by atoms with Crippen molar-refractivity contribution in [2.45, 2.75) is 63.1 Å². The number of anilines is 2. The van der Waals surface area contributed by atoms with Gasteiger partial charge in [0.2, 0.25) is 5.91 Å². The number of benzene rings is 1. The molecule has 9 heteroatoms. The van der Waals surface area contributed by atoms with Gasteiger partial charge in [-0.2, -0.15) is 0 Å². The van der Waals surface area contributed by atoms with E-state index in [0.29, 0.717) is 35.7 Å². The SMILES string of the molecule is CCCC1CC=Cc2nc([C@H]3C[C@H](O)CN3c3cc(NC(=O)[C@H]4C[C@@H]4c4cccc(Cl)c4)ncn3)cn21. The summed E-state index contributed by atoms with van der Waals surface area (Å²) < 4.78 is 2.28. The van der Waals surface area contributed by atoms with E-state index in [-0.39, 0.29) is 23.8 Å². The number of amides is 1. The molecule has 3 aliphatic rings. The quantitative estimate of drug-likeness (QED) is 0.449. The molecule has 1 saturated carbocycles. The van der Waals surface area contributed by atoms with Crippen LogP contribution < -0.4 is 10.2 Å². The zero-order chi connectivity index (χ0) is 25.5. The molecule has 37 heavy (non-hydrogen) atoms. The van der Waals surface area contributed by atoms with E-state index in [2.05, 4.69) is 50.0 Å². The third-order valence-electron chi connectivity index (χ3n) is 7.69. The minimum Gasteiger partial charge on any atom is -0.391 e. The van der Waals surface area contributed by atoms with Gasteiger partial charge >= 0.3 is 0 Å². The molecule has 6 rings (SSSR count). The zero-order valence-electron chi connectivity index (χ0n) is 20.8. The minimum atomic E-state index is -0.483. The number of fused-ring (bicyclic) bond motifs is 1. The van der Waals surface area contributed by atoms with Crippen LogP contribution in [-0.2, 0) is 4.79 Å². The normalized spacial score (nSPS) is 26.2. The first-order valence-electron chi connectivity index (χ1n) is 13.1. The van der Waals surface area contributed by atoms with Crippen molar-refractivity contribution >= 4 is 35.2 Å². The molecule has 8 nitrogen and oxygen atoms in total. The molecule has 1 unspecified atom stereocenters. The zero-order valence-corrected chi connectivity index (χ0v) is 21.6. The molecule has 1 aromatic carbocycles. The maximum absolute atomic E-state index is 12.9. The van der Waals surface area contributed by atoms with Crippen molar-refractivity contribution in [1.82, 2.24) is 19.5 Å². The third-order valence-corrected chi connectivity index (χ3v) is 7.93. The summed E-state index contributed by atoms with van der Waals surface area (Å²) in [5, 5.41) is 14.2. The van der Waals surface area contributed by atoms with Crippen LogP contribution in [0.4, 0.5) is 11.6 Å². The van der Waals surface area contributed by atoms with E-state index in [9.17, 15) is 9.90 Å². The van der Waals surface area contributed by atoms with Crippen LogP contribution >= 0.6 is 11.6 Å². The Balaban J connectivity index is 1.18. The number of nitrogens with zero attached hydrogens (tertiary/aromatic N) is 5. The number of allylic oxidation sites excluding steroid dienone is 1. The highest BCUT2D eigenvalue weighted by atomic mass is 35.5. The summed E-state index contributed by atoms with van der Waals surface area (Å²) in [4.78, 5) is 28.7. The van der Waals surface area contributed by atoms with Gasteiger partial charge in [-0.05, 0) is 49.0 Å². The Morgan fingerprint density at radius 2 is 2.14 bits per heavy atom. The number of rotatable bonds is 7. The van der Waals surface area contributed by atoms with Crippen molar-refractivity contribution < 1.29 is 9.90 Å². The lowest BCUT2D eigenvalue weighted by Gasteiger charge is -2.24. The Kier molecular flexibility index (Phi) is 6.46. The van der Waals surface area contributed by atoms with Gasteiger partial charge in [-0.3, -0.25) is 4.79 Å². The van der Waals surface area contributed by atoms with E-state index in [4.69, 9.17) is 16.6 Å². The monoisotopic (exact) mass is 518 g/mol. The van der Waals surface area contributed by atoms with Crippen molar-refractivity contribution in [1.29, 1.82) is 0 Å². The van der Waals surface area contributed by atoms with Crippen LogP contribution in [-0.4, -0.2) is 43.2 Å². The molecule has 4 heterocycles. The van der Waals surface area contributed by atoms with Crippen LogP contribution in [0, 0.1) is 5.92 Å². The predicted octanol–water partition coefficient (Wildman–Crippen LogP) is 5.14. The molecule has 0 radical (unpaired) electrons. The summed E-state index contributed by atoms with van der Waals surface area (Å²) in [6.07, 6.45) is 12.0. The standard InChI is InChI=1S/C28H31ClN6O2/c1-2-5-19-8-4-9-26-32-23(15-34(19)26)24-11-20(36)14-35(24)27-13-25(30-16-31-27)33-28(37)22-12-21(22)17-6-3-7-18(29)10-17/h3-4,6-7,9-10,13,15-16,19-22,24,36H,2,5,8,11-12,14H2,1H3,(H,30,31,33,37)/t19?,20-,21+,22-,24+/m0/s1. The van der Waals surface area contributed by atoms with Gasteiger partial charge in [0, 0.05) is 42.2 Å². The Labute approximate surface area is 221 Å². The number of hydrogen-bond acceptors (Lipinski definition) is 6. The first-order valence-corrected chi connectivity index (χ1v) is 13.5. The second-order valence-electron chi connectivity index (χ2n) is 10.3. The average molecular weight is 519 g/mol. The molecule has 1 aliphatic carbocycles. The molecule has 2 fully saturated rings. The van der Waals surface area contributed by atoms with Crippen molar-refractivity contribution in [2.75, 3.05) is 16.8 Å². The van der Waals surface area contributed by atoms with Gasteiger partial charge in [-0.1, -0.05) is 43.2 Å². The molecule has 0 spiro atoms. The van der Waals surface area contributed by atoms with Crippen molar-refractivity contribution in [2.24, 2.45) is 5.92 Å². The molecule has 1 saturated heterocycles. The number of halogens is 1. The molecule has 192 valence electrons. The molecule has 5 atom stereocenters. The second-order valence-corrected chi connectivity index (χ2v) is 10.8. The Morgan fingerprint density at radius 3 is 2.97 bits per heavy atom. The number of hydrogen-bond donors (Lipinski definition) is 2. The summed E-state index contributed by atoms with van der Waals surface area (Å²) in [7, 11) is 0. The van der Waals surface area contributed by atoms with E-state index in [1.165, 1.54) is 6.33 Å². The summed E-state index contributed by atoms with van der Waals surface area (Å²) >= 11 is 6.12. The second kappa shape index (κ2) is 9.91. The highest BCUT2D eigenvalue weighted by molar-refractivity contribution is 6.30. The third kappa shape index (κ3) is 4.88. The highest BCUT2D eigenvalue weighted by Gasteiger charge is 2.44. The van der Waals surface area contributed by atoms with E-state index < -0.39 is 6.10 Å². The Morgan fingerprint density at radius 1 is 1.24 bits per heavy atom. The number of nitrogens with one attached hydrogen (secondary N) is 1. The highest BCUT2D eigenvalue weighted by Crippen LogP contribution is 2.48. The van der Waals surface area contributed by atoms with Crippen LogP contribution in [0.2, 0.25) is 5.02 Å². The van der Waals surface area contributed by atoms with Crippen molar-refractivity contribution in [3.8, 4) is 0 Å². The number of imidazole rings is 1. The van der Waals surface area contributed by atoms with E-state index >= 15 is 0 Å². The number of aliphatic hydroxyl groups excluding tert-OH is 1. The number of aliphatic hydroxyl groups is 1. The predicted molar refractivity (Wildman–Crippen MR) is 143 cm³/mol. The first kappa shape index (κ1) is 24.1. The molecule has 3 aromatic rings. The van der Waals surface area contributed by atoms with Gasteiger partial charge in [0.15, 0.2) is 0 Å². The number of β-amino-alcohol motifs (C(OH)–C–C–N with tert-alkyl or cyclic N) is 1. The largest absolute Gasteiger partial charge is 0.391 e.